The average molecular weight is 315 g/mol. The van der Waals surface area contributed by atoms with Gasteiger partial charge in [-0.3, -0.25) is 4.79 Å². The summed E-state index contributed by atoms with van der Waals surface area (Å²) in [6, 6.07) is 15.5. The van der Waals surface area contributed by atoms with E-state index in [9.17, 15) is 4.79 Å². The standard InChI is InChI=1S/C18H19ClN2O/c1-18(2)17(14-8-3-4-9-15(14)21-18)20-16(22)11-12-6-5-7-13(19)10-12/h3-10,17,21H,11H2,1-2H3,(H,20,22). The van der Waals surface area contributed by atoms with Crippen molar-refractivity contribution < 1.29 is 4.79 Å². The van der Waals surface area contributed by atoms with E-state index in [4.69, 9.17) is 11.6 Å². The van der Waals surface area contributed by atoms with Crippen LogP contribution in [0.3, 0.4) is 0 Å². The van der Waals surface area contributed by atoms with Gasteiger partial charge in [-0.25, -0.2) is 0 Å². The average Bonchev–Trinajstić information content (AvgIpc) is 2.70. The Morgan fingerprint density at radius 3 is 2.77 bits per heavy atom. The molecule has 2 N–H and O–H groups in total. The fourth-order valence-corrected chi connectivity index (χ4v) is 3.19. The highest BCUT2D eigenvalue weighted by Crippen LogP contribution is 2.40. The minimum absolute atomic E-state index is 0.00107. The number of carbonyl (C=O) groups is 1. The summed E-state index contributed by atoms with van der Waals surface area (Å²) in [5.74, 6) is -0.00107. The third-order valence-corrected chi connectivity index (χ3v) is 4.24. The molecule has 0 bridgehead atoms. The van der Waals surface area contributed by atoms with Crippen LogP contribution in [0, 0.1) is 0 Å². The number of fused-ring (bicyclic) bond motifs is 1. The number of amides is 1. The molecule has 22 heavy (non-hydrogen) atoms. The molecule has 4 heteroatoms. The normalized spacial score (nSPS) is 18.4. The Labute approximate surface area is 135 Å². The van der Waals surface area contributed by atoms with Crippen LogP contribution in [-0.2, 0) is 11.2 Å². The molecule has 2 aromatic carbocycles. The van der Waals surface area contributed by atoms with E-state index in [1.807, 2.05) is 42.5 Å². The van der Waals surface area contributed by atoms with E-state index >= 15 is 0 Å². The second kappa shape index (κ2) is 5.65. The van der Waals surface area contributed by atoms with Crippen LogP contribution in [0.25, 0.3) is 0 Å². The summed E-state index contributed by atoms with van der Waals surface area (Å²) in [5.41, 5.74) is 2.92. The van der Waals surface area contributed by atoms with Crippen LogP contribution >= 0.6 is 11.6 Å². The number of benzene rings is 2. The molecule has 1 heterocycles. The molecule has 0 fully saturated rings. The number of hydrogen-bond acceptors (Lipinski definition) is 2. The van der Waals surface area contributed by atoms with Gasteiger partial charge < -0.3 is 10.6 Å². The molecule has 1 amide bonds. The van der Waals surface area contributed by atoms with Crippen LogP contribution in [0.5, 0.6) is 0 Å². The highest BCUT2D eigenvalue weighted by molar-refractivity contribution is 6.30. The molecule has 114 valence electrons. The summed E-state index contributed by atoms with van der Waals surface area (Å²) in [6.07, 6.45) is 0.329. The minimum atomic E-state index is -0.215. The smallest absolute Gasteiger partial charge is 0.224 e. The molecule has 0 aromatic heterocycles. The minimum Gasteiger partial charge on any atom is -0.377 e. The van der Waals surface area contributed by atoms with Crippen molar-refractivity contribution in [2.75, 3.05) is 5.32 Å². The Morgan fingerprint density at radius 2 is 2.00 bits per heavy atom. The molecule has 0 saturated heterocycles. The van der Waals surface area contributed by atoms with Gasteiger partial charge in [-0.05, 0) is 43.2 Å². The van der Waals surface area contributed by atoms with Crippen molar-refractivity contribution in [1.29, 1.82) is 0 Å². The van der Waals surface area contributed by atoms with Gasteiger partial charge in [0.25, 0.3) is 0 Å². The third kappa shape index (κ3) is 2.95. The number of anilines is 1. The van der Waals surface area contributed by atoms with Gasteiger partial charge in [-0.2, -0.15) is 0 Å². The molecule has 1 aliphatic heterocycles. The Hall–Kier alpha value is -2.00. The van der Waals surface area contributed by atoms with Crippen molar-refractivity contribution in [2.45, 2.75) is 31.8 Å². The quantitative estimate of drug-likeness (QED) is 0.901. The Morgan fingerprint density at radius 1 is 1.23 bits per heavy atom. The van der Waals surface area contributed by atoms with E-state index in [1.54, 1.807) is 0 Å². The highest BCUT2D eigenvalue weighted by atomic mass is 35.5. The van der Waals surface area contributed by atoms with Crippen LogP contribution < -0.4 is 10.6 Å². The van der Waals surface area contributed by atoms with Gasteiger partial charge in [0.1, 0.15) is 0 Å². The lowest BCUT2D eigenvalue weighted by Crippen LogP contribution is -2.43. The first-order valence-corrected chi connectivity index (χ1v) is 7.74. The van der Waals surface area contributed by atoms with Crippen molar-refractivity contribution in [2.24, 2.45) is 0 Å². The Balaban J connectivity index is 1.76. The van der Waals surface area contributed by atoms with Gasteiger partial charge in [-0.1, -0.05) is 41.9 Å². The number of hydrogen-bond donors (Lipinski definition) is 2. The van der Waals surface area contributed by atoms with Crippen molar-refractivity contribution in [1.82, 2.24) is 5.32 Å². The molecule has 0 aliphatic carbocycles. The zero-order chi connectivity index (χ0) is 15.7. The van der Waals surface area contributed by atoms with Gasteiger partial charge in [0, 0.05) is 10.7 Å². The van der Waals surface area contributed by atoms with Gasteiger partial charge in [0.15, 0.2) is 0 Å². The lowest BCUT2D eigenvalue weighted by molar-refractivity contribution is -0.121. The van der Waals surface area contributed by atoms with Gasteiger partial charge in [-0.15, -0.1) is 0 Å². The molecular weight excluding hydrogens is 296 g/mol. The van der Waals surface area contributed by atoms with E-state index in [-0.39, 0.29) is 17.5 Å². The third-order valence-electron chi connectivity index (χ3n) is 4.01. The fraction of sp³-hybridized carbons (Fsp3) is 0.278. The number of halogens is 1. The zero-order valence-electron chi connectivity index (χ0n) is 12.7. The number of nitrogens with one attached hydrogen (secondary N) is 2. The first-order chi connectivity index (χ1) is 10.5. The van der Waals surface area contributed by atoms with E-state index in [0.717, 1.165) is 16.8 Å². The lowest BCUT2D eigenvalue weighted by Gasteiger charge is -2.28. The molecule has 0 saturated carbocycles. The summed E-state index contributed by atoms with van der Waals surface area (Å²) >= 11 is 5.97. The molecule has 1 atom stereocenters. The molecule has 3 rings (SSSR count). The predicted octanol–water partition coefficient (Wildman–Crippen LogP) is 3.94. The van der Waals surface area contributed by atoms with E-state index in [0.29, 0.717) is 11.4 Å². The lowest BCUT2D eigenvalue weighted by atomic mass is 9.93. The largest absolute Gasteiger partial charge is 0.377 e. The molecule has 0 spiro atoms. The van der Waals surface area contributed by atoms with Crippen LogP contribution in [0.1, 0.15) is 31.0 Å². The van der Waals surface area contributed by atoms with Crippen LogP contribution in [-0.4, -0.2) is 11.4 Å². The fourth-order valence-electron chi connectivity index (χ4n) is 2.97. The summed E-state index contributed by atoms with van der Waals surface area (Å²) in [5, 5.41) is 7.27. The molecule has 1 unspecified atom stereocenters. The predicted molar refractivity (Wildman–Crippen MR) is 90.2 cm³/mol. The zero-order valence-corrected chi connectivity index (χ0v) is 13.4. The highest BCUT2D eigenvalue weighted by Gasteiger charge is 2.39. The van der Waals surface area contributed by atoms with E-state index < -0.39 is 0 Å². The molecule has 0 radical (unpaired) electrons. The number of para-hydroxylation sites is 1. The van der Waals surface area contributed by atoms with Crippen molar-refractivity contribution in [3.63, 3.8) is 0 Å². The summed E-state index contributed by atoms with van der Waals surface area (Å²) in [7, 11) is 0. The van der Waals surface area contributed by atoms with Crippen LogP contribution in [0.2, 0.25) is 5.02 Å². The summed E-state index contributed by atoms with van der Waals surface area (Å²) < 4.78 is 0. The monoisotopic (exact) mass is 314 g/mol. The van der Waals surface area contributed by atoms with Gasteiger partial charge >= 0.3 is 0 Å². The molecule has 2 aromatic rings. The first-order valence-electron chi connectivity index (χ1n) is 7.36. The molecular formula is C18H19ClN2O. The van der Waals surface area contributed by atoms with Gasteiger partial charge in [0.05, 0.1) is 18.0 Å². The summed E-state index contributed by atoms with van der Waals surface area (Å²) in [4.78, 5) is 12.4. The first kappa shape index (κ1) is 14.9. The van der Waals surface area contributed by atoms with Crippen LogP contribution in [0.15, 0.2) is 48.5 Å². The molecule has 1 aliphatic rings. The van der Waals surface area contributed by atoms with E-state index in [1.165, 1.54) is 0 Å². The topological polar surface area (TPSA) is 41.1 Å². The maximum atomic E-state index is 12.4. The van der Waals surface area contributed by atoms with Crippen molar-refractivity contribution in [3.05, 3.63) is 64.7 Å². The maximum Gasteiger partial charge on any atom is 0.224 e. The second-order valence-corrected chi connectivity index (χ2v) is 6.68. The summed E-state index contributed by atoms with van der Waals surface area (Å²) in [6.45, 7) is 4.19. The molecule has 3 nitrogen and oxygen atoms in total. The maximum absolute atomic E-state index is 12.4. The second-order valence-electron chi connectivity index (χ2n) is 6.24. The van der Waals surface area contributed by atoms with Gasteiger partial charge in [0.2, 0.25) is 5.91 Å². The Kier molecular flexibility index (Phi) is 3.83. The van der Waals surface area contributed by atoms with Crippen molar-refractivity contribution >= 4 is 23.2 Å². The Bertz CT molecular complexity index is 712. The van der Waals surface area contributed by atoms with E-state index in [2.05, 4.69) is 30.5 Å². The number of carbonyl (C=O) groups excluding carboxylic acids is 1. The van der Waals surface area contributed by atoms with Crippen molar-refractivity contribution in [3.8, 4) is 0 Å². The number of rotatable bonds is 3. The SMILES string of the molecule is CC1(C)Nc2ccccc2C1NC(=O)Cc1cccc(Cl)c1. The van der Waals surface area contributed by atoms with Crippen LogP contribution in [0.4, 0.5) is 5.69 Å².